The molecule has 0 rings (SSSR count). The topological polar surface area (TPSA) is 36.9 Å². The van der Waals surface area contributed by atoms with Gasteiger partial charge in [0.1, 0.15) is 11.6 Å². The first-order valence-electron chi connectivity index (χ1n) is 3.74. The van der Waals surface area contributed by atoms with E-state index in [9.17, 15) is 17.3 Å². The Labute approximate surface area is 75.5 Å². The van der Waals surface area contributed by atoms with Crippen molar-refractivity contribution in [2.45, 2.75) is 32.4 Å². The largest absolute Gasteiger partial charge is 0.673 e. The molecular weight excluding hydrogens is 189 g/mol. The number of ether oxygens (including phenoxy) is 1. The standard InChI is InChI=1S/C6H15NO.BF4/c1-5(8-4)6(2,3)7;2-1(3,4)5/h5H,7H2,1-4H3;/q;-1/p+1. The molecule has 1 unspecified atom stereocenters. The highest BCUT2D eigenvalue weighted by Crippen LogP contribution is 2.06. The van der Waals surface area contributed by atoms with E-state index in [0.29, 0.717) is 0 Å². The highest BCUT2D eigenvalue weighted by molar-refractivity contribution is 6.50. The van der Waals surface area contributed by atoms with Crippen molar-refractivity contribution in [3.63, 3.8) is 0 Å². The molecule has 0 saturated carbocycles. The molecule has 0 aliphatic heterocycles. The van der Waals surface area contributed by atoms with Crippen LogP contribution in [0.3, 0.4) is 0 Å². The molecule has 1 atom stereocenters. The van der Waals surface area contributed by atoms with Crippen LogP contribution in [-0.2, 0) is 4.74 Å². The Morgan fingerprint density at radius 3 is 1.46 bits per heavy atom. The molecule has 0 aromatic carbocycles. The molecule has 0 radical (unpaired) electrons. The summed E-state index contributed by atoms with van der Waals surface area (Å²) in [4.78, 5) is 0. The fraction of sp³-hybridized carbons (Fsp3) is 1.00. The second-order valence-corrected chi connectivity index (χ2v) is 3.36. The van der Waals surface area contributed by atoms with Gasteiger partial charge in [0.2, 0.25) is 0 Å². The summed E-state index contributed by atoms with van der Waals surface area (Å²) in [5.74, 6) is 0. The lowest BCUT2D eigenvalue weighted by atomic mass is 10.0. The summed E-state index contributed by atoms with van der Waals surface area (Å²) in [6.45, 7) is 6.13. The van der Waals surface area contributed by atoms with E-state index in [0.717, 1.165) is 0 Å². The second-order valence-electron chi connectivity index (χ2n) is 3.36. The maximum atomic E-state index is 9.75. The van der Waals surface area contributed by atoms with Crippen molar-refractivity contribution in [2.24, 2.45) is 0 Å². The summed E-state index contributed by atoms with van der Waals surface area (Å²) in [5, 5.41) is 0. The molecule has 0 aliphatic rings. The molecule has 0 amide bonds. The monoisotopic (exact) mass is 205 g/mol. The number of halogens is 4. The summed E-state index contributed by atoms with van der Waals surface area (Å²) >= 11 is 0. The van der Waals surface area contributed by atoms with Gasteiger partial charge >= 0.3 is 7.25 Å². The molecule has 2 nitrogen and oxygen atoms in total. The number of hydrogen-bond acceptors (Lipinski definition) is 1. The molecule has 0 spiro atoms. The lowest BCUT2D eigenvalue weighted by molar-refractivity contribution is -0.483. The van der Waals surface area contributed by atoms with Gasteiger partial charge in [0, 0.05) is 7.11 Å². The molecule has 13 heavy (non-hydrogen) atoms. The second kappa shape index (κ2) is 5.44. The average Bonchev–Trinajstić information content (AvgIpc) is 1.80. The predicted molar refractivity (Wildman–Crippen MR) is 43.6 cm³/mol. The Morgan fingerprint density at radius 2 is 1.46 bits per heavy atom. The summed E-state index contributed by atoms with van der Waals surface area (Å²) in [6, 6.07) is 0. The molecule has 0 bridgehead atoms. The molecule has 0 aromatic heterocycles. The van der Waals surface area contributed by atoms with Crippen LogP contribution in [0, 0.1) is 0 Å². The van der Waals surface area contributed by atoms with Gasteiger partial charge < -0.3 is 27.7 Å². The van der Waals surface area contributed by atoms with Gasteiger partial charge in [-0.2, -0.15) is 0 Å². The number of quaternary nitrogens is 1. The fourth-order valence-electron chi connectivity index (χ4n) is 0.319. The highest BCUT2D eigenvalue weighted by Gasteiger charge is 2.23. The normalized spacial score (nSPS) is 14.5. The molecule has 0 aromatic rings. The molecule has 0 fully saturated rings. The van der Waals surface area contributed by atoms with Gasteiger partial charge in [-0.15, -0.1) is 0 Å². The molecule has 0 heterocycles. The number of hydrogen-bond donors (Lipinski definition) is 1. The first-order chi connectivity index (χ1) is 5.48. The van der Waals surface area contributed by atoms with Crippen LogP contribution in [0.2, 0.25) is 0 Å². The third kappa shape index (κ3) is 18.6. The van der Waals surface area contributed by atoms with Crippen molar-refractivity contribution in [2.75, 3.05) is 7.11 Å². The van der Waals surface area contributed by atoms with Gasteiger partial charge in [0.15, 0.2) is 0 Å². The zero-order valence-electron chi connectivity index (χ0n) is 8.28. The number of methoxy groups -OCH3 is 1. The molecule has 7 heteroatoms. The van der Waals surface area contributed by atoms with Crippen molar-refractivity contribution in [3.8, 4) is 0 Å². The lowest BCUT2D eigenvalue weighted by Gasteiger charge is -2.21. The van der Waals surface area contributed by atoms with E-state index in [1.807, 2.05) is 6.92 Å². The van der Waals surface area contributed by atoms with Gasteiger partial charge in [0.25, 0.3) is 0 Å². The summed E-state index contributed by atoms with van der Waals surface area (Å²) in [5.41, 5.74) is 3.95. The molecule has 82 valence electrons. The Bertz CT molecular complexity index is 128. The van der Waals surface area contributed by atoms with E-state index in [4.69, 9.17) is 4.74 Å². The fourth-order valence-corrected chi connectivity index (χ4v) is 0.319. The van der Waals surface area contributed by atoms with E-state index in [-0.39, 0.29) is 11.6 Å². The van der Waals surface area contributed by atoms with E-state index in [1.54, 1.807) is 7.11 Å². The lowest BCUT2D eigenvalue weighted by Crippen LogP contribution is -2.74. The zero-order valence-corrected chi connectivity index (χ0v) is 8.28. The van der Waals surface area contributed by atoms with E-state index < -0.39 is 7.25 Å². The summed E-state index contributed by atoms with van der Waals surface area (Å²) in [7, 11) is -4.29. The van der Waals surface area contributed by atoms with Crippen LogP contribution in [-0.4, -0.2) is 26.0 Å². The van der Waals surface area contributed by atoms with Crippen LogP contribution in [0.5, 0.6) is 0 Å². The van der Waals surface area contributed by atoms with Gasteiger partial charge in [0.05, 0.1) is 0 Å². The minimum Gasteiger partial charge on any atom is -0.418 e. The third-order valence-corrected chi connectivity index (χ3v) is 1.45. The Kier molecular flexibility index (Phi) is 6.35. The maximum absolute atomic E-state index is 9.75. The zero-order chi connectivity index (χ0) is 11.3. The average molecular weight is 205 g/mol. The van der Waals surface area contributed by atoms with Crippen molar-refractivity contribution < 1.29 is 27.7 Å². The van der Waals surface area contributed by atoms with Crippen LogP contribution in [0.4, 0.5) is 17.3 Å². The van der Waals surface area contributed by atoms with Gasteiger partial charge in [-0.3, -0.25) is 0 Å². The van der Waals surface area contributed by atoms with Gasteiger partial charge in [-0.05, 0) is 20.8 Å². The van der Waals surface area contributed by atoms with E-state index in [1.165, 1.54) is 0 Å². The van der Waals surface area contributed by atoms with Crippen LogP contribution in [0.15, 0.2) is 0 Å². The third-order valence-electron chi connectivity index (χ3n) is 1.45. The van der Waals surface area contributed by atoms with Crippen molar-refractivity contribution in [1.82, 2.24) is 0 Å². The van der Waals surface area contributed by atoms with Crippen molar-refractivity contribution >= 4 is 7.25 Å². The van der Waals surface area contributed by atoms with Gasteiger partial charge in [-0.1, -0.05) is 0 Å². The van der Waals surface area contributed by atoms with Crippen LogP contribution in [0.1, 0.15) is 20.8 Å². The smallest absolute Gasteiger partial charge is 0.418 e. The molecule has 3 N–H and O–H groups in total. The van der Waals surface area contributed by atoms with Crippen LogP contribution >= 0.6 is 0 Å². The SMILES string of the molecule is COC(C)C(C)(C)[NH3+].F[B-](F)(F)F. The molecule has 0 aliphatic carbocycles. The predicted octanol–water partition coefficient (Wildman–Crippen LogP) is 1.34. The first-order valence-corrected chi connectivity index (χ1v) is 3.74. The quantitative estimate of drug-likeness (QED) is 0.536. The molecular formula is C6H16BF4NO. The summed E-state index contributed by atoms with van der Waals surface area (Å²) in [6.07, 6.45) is 0.238. The van der Waals surface area contributed by atoms with Gasteiger partial charge in [-0.25, -0.2) is 0 Å². The first kappa shape index (κ1) is 15.2. The number of rotatable bonds is 2. The Balaban J connectivity index is 0. The van der Waals surface area contributed by atoms with Crippen LogP contribution in [0.25, 0.3) is 0 Å². The van der Waals surface area contributed by atoms with Crippen molar-refractivity contribution in [3.05, 3.63) is 0 Å². The van der Waals surface area contributed by atoms with E-state index >= 15 is 0 Å². The molecule has 0 saturated heterocycles. The van der Waals surface area contributed by atoms with Crippen LogP contribution < -0.4 is 5.73 Å². The van der Waals surface area contributed by atoms with Crippen molar-refractivity contribution in [1.29, 1.82) is 0 Å². The minimum atomic E-state index is -6.00. The maximum Gasteiger partial charge on any atom is 0.673 e. The highest BCUT2D eigenvalue weighted by atomic mass is 19.5. The Hall–Kier alpha value is -0.295. The van der Waals surface area contributed by atoms with E-state index in [2.05, 4.69) is 19.6 Å². The Morgan fingerprint density at radius 1 is 1.23 bits per heavy atom. The minimum absolute atomic E-state index is 0.0365. The summed E-state index contributed by atoms with van der Waals surface area (Å²) < 4.78 is 44.1.